The Kier molecular flexibility index (Phi) is 61.4. The number of carbonyl (C=O) groups is 1. The van der Waals surface area contributed by atoms with Crippen molar-refractivity contribution in [3.05, 3.63) is 0 Å². The zero-order valence-electron chi connectivity index (χ0n) is 80.6. The Morgan fingerprint density at radius 2 is 0.420 bits per heavy atom. The lowest BCUT2D eigenvalue weighted by Crippen LogP contribution is -2.62. The van der Waals surface area contributed by atoms with Gasteiger partial charge in [-0.15, -0.1) is 0 Å². The third-order valence-corrected chi connectivity index (χ3v) is 63.2. The fraction of sp³-hybridized carbons (Fsp3) is 0.988. The second-order valence-electron chi connectivity index (χ2n) is 41.8. The maximum atomic E-state index is 13.6. The molecule has 0 aliphatic carbocycles. The molecule has 0 aromatic rings. The summed E-state index contributed by atoms with van der Waals surface area (Å²) in [7, 11) is -30.2. The molecule has 0 heterocycles. The summed E-state index contributed by atoms with van der Waals surface area (Å²) in [5, 5.41) is 3.39. The fourth-order valence-corrected chi connectivity index (χ4v) is 64.7. The molecular formula is C85H197NO13Si13. The van der Waals surface area contributed by atoms with E-state index in [1.54, 1.807) is 0 Å². The lowest BCUT2D eigenvalue weighted by atomic mass is 10.1. The van der Waals surface area contributed by atoms with E-state index in [9.17, 15) is 4.79 Å². The van der Waals surface area contributed by atoms with E-state index in [0.717, 1.165) is 120 Å². The van der Waals surface area contributed by atoms with E-state index >= 15 is 0 Å². The lowest BCUT2D eigenvalue weighted by molar-refractivity contribution is -0.124. The molecule has 1 atom stereocenters. The van der Waals surface area contributed by atoms with Gasteiger partial charge < -0.3 is 55.6 Å². The molecule has 0 spiro atoms. The van der Waals surface area contributed by atoms with Crippen LogP contribution in [0.15, 0.2) is 0 Å². The number of hydrogen-bond donors (Lipinski definition) is 1. The Hall–Kier alpha value is 1.81. The third kappa shape index (κ3) is 66.4. The first-order chi connectivity index (χ1) is 52.0. The van der Waals surface area contributed by atoms with Crippen molar-refractivity contribution in [1.29, 1.82) is 0 Å². The predicted octanol–water partition coefficient (Wildman–Crippen LogP) is 30.2. The van der Waals surface area contributed by atoms with Crippen molar-refractivity contribution in [3.63, 3.8) is 0 Å². The lowest BCUT2D eigenvalue weighted by Gasteiger charge is -2.45. The molecule has 0 fully saturated rings. The standard InChI is InChI=1S/C85H197NO13Si13/c1-30-34-37-40-55-64-74-88-109(91-100(6,7)8,92-101(9,10)11)80-70-61-52-46-43-49-58-67-77-106(24,25)97-112(83-73-86-85(87)84(5)33-4,98-107(26,27)78-68-59-50-44-47-53-62-71-81-110(93-102(12,13)14,94-103(15,16)17)89-75-65-56-41-38-35-31-2)99-108(28,29)79-69-60-51-45-48-54-63-72-82-111(95-104(18,19)20,96-105(21,22)23)90-76-66-57-42-39-36-32-3/h84H,30-83H2,1-29H3,(H,86,87). The summed E-state index contributed by atoms with van der Waals surface area (Å²) in [6.07, 6.45) is 52.5. The molecule has 0 aromatic carbocycles. The number of amides is 1. The van der Waals surface area contributed by atoms with Gasteiger partial charge in [0.2, 0.25) is 5.91 Å². The molecule has 0 saturated carbocycles. The minimum atomic E-state index is -3.35. The number of hydrogen-bond acceptors (Lipinski definition) is 13. The van der Waals surface area contributed by atoms with E-state index in [4.69, 9.17) is 50.3 Å². The molecule has 1 amide bonds. The van der Waals surface area contributed by atoms with Gasteiger partial charge in [0, 0.05) is 56.5 Å². The normalized spacial score (nSPS) is 14.2. The molecule has 1 N–H and O–H groups in total. The summed E-state index contributed by atoms with van der Waals surface area (Å²) < 4.78 is 86.5. The van der Waals surface area contributed by atoms with Gasteiger partial charge in [0.1, 0.15) is 0 Å². The summed E-state index contributed by atoms with van der Waals surface area (Å²) in [5.41, 5.74) is 0. The molecule has 0 aliphatic heterocycles. The molecule has 0 aromatic heterocycles. The highest BCUT2D eigenvalue weighted by molar-refractivity contribution is 6.91. The SMILES string of the molecule is CCCCCCCCO[Si](CCCCCCCCCC[Si](C)(C)O[Si](CCNC(=O)C(C)CC)(O[Si](C)(C)CCCCCCCCCC[Si](OCCCCCCCC)(O[Si](C)(C)C)O[Si](C)(C)C)O[Si](C)(C)CCCCCCCCCC[Si](OCCCCCCCC)(O[Si](C)(C)C)O[Si](C)(C)C)(O[Si](C)(C)C)O[Si](C)(C)C. The predicted molar refractivity (Wildman–Crippen MR) is 520 cm³/mol. The van der Waals surface area contributed by atoms with Crippen LogP contribution in [0.5, 0.6) is 0 Å². The molecule has 14 nitrogen and oxygen atoms in total. The van der Waals surface area contributed by atoms with Gasteiger partial charge >= 0.3 is 35.2 Å². The average molecular weight is 1810 g/mol. The number of carbonyl (C=O) groups excluding carboxylic acids is 1. The van der Waals surface area contributed by atoms with Crippen molar-refractivity contribution < 1.29 is 55.1 Å². The fourth-order valence-electron chi connectivity index (χ4n) is 15.1. The topological polar surface area (TPSA) is 140 Å². The molecule has 0 radical (unpaired) electrons. The maximum Gasteiger partial charge on any atom is 0.480 e. The van der Waals surface area contributed by atoms with E-state index in [2.05, 4.69) is 190 Å². The van der Waals surface area contributed by atoms with Crippen molar-refractivity contribution in [1.82, 2.24) is 5.32 Å². The molecule has 0 bridgehead atoms. The smallest absolute Gasteiger partial charge is 0.417 e. The van der Waals surface area contributed by atoms with Gasteiger partial charge in [0.25, 0.3) is 0 Å². The molecule has 0 rings (SSSR count). The van der Waals surface area contributed by atoms with Gasteiger partial charge in [-0.05, 0) is 220 Å². The monoisotopic (exact) mass is 1800 g/mol. The first-order valence-electron chi connectivity index (χ1n) is 47.5. The van der Waals surface area contributed by atoms with Gasteiger partial charge in [-0.25, -0.2) is 0 Å². The molecule has 0 saturated heterocycles. The number of nitrogens with one attached hydrogen (secondary N) is 1. The number of rotatable bonds is 80. The summed E-state index contributed by atoms with van der Waals surface area (Å²) in [6, 6.07) is 6.70. The minimum Gasteiger partial charge on any atom is -0.417 e. The van der Waals surface area contributed by atoms with Crippen LogP contribution in [-0.4, -0.2) is 142 Å². The second kappa shape index (κ2) is 60.4. The van der Waals surface area contributed by atoms with E-state index < -0.39 is 110 Å². The van der Waals surface area contributed by atoms with Crippen LogP contribution in [0.25, 0.3) is 0 Å². The molecule has 1 unspecified atom stereocenters. The van der Waals surface area contributed by atoms with Gasteiger partial charge in [-0.2, -0.15) is 0 Å². The van der Waals surface area contributed by atoms with Crippen molar-refractivity contribution in [2.24, 2.45) is 5.92 Å². The van der Waals surface area contributed by atoms with Crippen LogP contribution in [0, 0.1) is 5.92 Å². The van der Waals surface area contributed by atoms with E-state index in [1.165, 1.54) is 212 Å². The van der Waals surface area contributed by atoms with Crippen LogP contribution < -0.4 is 5.32 Å². The summed E-state index contributed by atoms with van der Waals surface area (Å²) in [5.74, 6) is 0.0769. The molecule has 112 heavy (non-hydrogen) atoms. The summed E-state index contributed by atoms with van der Waals surface area (Å²) in [6.45, 7) is 69.9. The van der Waals surface area contributed by atoms with E-state index in [0.29, 0.717) is 12.6 Å². The Morgan fingerprint density at radius 1 is 0.232 bits per heavy atom. The molecule has 0 aliphatic rings. The largest absolute Gasteiger partial charge is 0.480 e. The Morgan fingerprint density at radius 3 is 0.616 bits per heavy atom. The van der Waals surface area contributed by atoms with Crippen LogP contribution in [0.1, 0.15) is 311 Å². The Bertz CT molecular complexity index is 2010. The van der Waals surface area contributed by atoms with E-state index in [1.807, 2.05) is 6.92 Å². The Labute approximate surface area is 713 Å². The third-order valence-electron chi connectivity index (χ3n) is 20.4. The highest BCUT2D eigenvalue weighted by atomic mass is 28.5. The van der Waals surface area contributed by atoms with Crippen LogP contribution in [0.3, 0.4) is 0 Å². The molecule has 672 valence electrons. The van der Waals surface area contributed by atoms with Crippen LogP contribution in [0.2, 0.25) is 199 Å². The van der Waals surface area contributed by atoms with Crippen molar-refractivity contribution in [3.8, 4) is 0 Å². The highest BCUT2D eigenvalue weighted by Crippen LogP contribution is 2.37. The minimum absolute atomic E-state index is 0.0431. The van der Waals surface area contributed by atoms with Crippen LogP contribution >= 0.6 is 0 Å². The van der Waals surface area contributed by atoms with Crippen molar-refractivity contribution in [2.75, 3.05) is 26.4 Å². The van der Waals surface area contributed by atoms with Crippen molar-refractivity contribution >= 4 is 116 Å². The van der Waals surface area contributed by atoms with Gasteiger partial charge in [0.15, 0.2) is 74.9 Å². The van der Waals surface area contributed by atoms with Crippen LogP contribution in [-0.2, 0) is 55.1 Å². The van der Waals surface area contributed by atoms with Gasteiger partial charge in [0.05, 0.1) is 0 Å². The number of unbranched alkanes of at least 4 members (excludes halogenated alkanes) is 36. The molecule has 27 heteroatoms. The molecular weight excluding hydrogens is 1610 g/mol. The zero-order chi connectivity index (χ0) is 85.0. The first-order valence-corrected chi connectivity index (χ1v) is 85.1. The quantitative estimate of drug-likeness (QED) is 0.0457. The Balaban J connectivity index is 6.48. The van der Waals surface area contributed by atoms with E-state index in [-0.39, 0.29) is 11.8 Å². The summed E-state index contributed by atoms with van der Waals surface area (Å²) >= 11 is 0. The zero-order valence-corrected chi connectivity index (χ0v) is 93.6. The first kappa shape index (κ1) is 114. The average Bonchev–Trinajstić information content (AvgIpc) is 0.798. The maximum absolute atomic E-state index is 13.6. The second-order valence-corrected chi connectivity index (χ2v) is 94.9. The van der Waals surface area contributed by atoms with Gasteiger partial charge in [-0.1, -0.05) is 266 Å². The van der Waals surface area contributed by atoms with Crippen LogP contribution in [0.4, 0.5) is 0 Å². The summed E-state index contributed by atoms with van der Waals surface area (Å²) in [4.78, 5) is 13.6. The van der Waals surface area contributed by atoms with Gasteiger partial charge in [-0.3, -0.25) is 4.79 Å². The van der Waals surface area contributed by atoms with Crippen molar-refractivity contribution in [2.45, 2.75) is 510 Å². The highest BCUT2D eigenvalue weighted by Gasteiger charge is 2.54.